The van der Waals surface area contributed by atoms with Gasteiger partial charge in [0, 0.05) is 25.0 Å². The van der Waals surface area contributed by atoms with E-state index in [1.165, 1.54) is 16.8 Å². The lowest BCUT2D eigenvalue weighted by Crippen LogP contribution is -2.03. The van der Waals surface area contributed by atoms with Crippen molar-refractivity contribution in [2.75, 3.05) is 17.2 Å². The van der Waals surface area contributed by atoms with Gasteiger partial charge in [0.1, 0.15) is 4.60 Å². The number of halogens is 1. The molecule has 1 aliphatic rings. The minimum absolute atomic E-state index is 0.806. The molecule has 1 aromatic carbocycles. The van der Waals surface area contributed by atoms with Crippen LogP contribution in [0.3, 0.4) is 0 Å². The van der Waals surface area contributed by atoms with Crippen LogP contribution in [0.2, 0.25) is 0 Å². The summed E-state index contributed by atoms with van der Waals surface area (Å²) >= 11 is 3.44. The molecule has 2 aromatic rings. The number of nitrogens with zero attached hydrogens (tertiary/aromatic N) is 1. The number of hydrogen-bond donors (Lipinski definition) is 2. The van der Waals surface area contributed by atoms with Gasteiger partial charge in [0.15, 0.2) is 0 Å². The summed E-state index contributed by atoms with van der Waals surface area (Å²) in [5, 5.41) is 6.86. The van der Waals surface area contributed by atoms with Crippen LogP contribution in [0.5, 0.6) is 0 Å². The van der Waals surface area contributed by atoms with Gasteiger partial charge in [-0.2, -0.15) is 0 Å². The van der Waals surface area contributed by atoms with Gasteiger partial charge in [-0.3, -0.25) is 0 Å². The quantitative estimate of drug-likeness (QED) is 0.853. The van der Waals surface area contributed by atoms with E-state index in [9.17, 15) is 0 Å². The topological polar surface area (TPSA) is 37.0 Å². The first-order valence-electron chi connectivity index (χ1n) is 6.03. The van der Waals surface area contributed by atoms with Gasteiger partial charge in [-0.05, 0) is 45.6 Å². The fourth-order valence-corrected chi connectivity index (χ4v) is 2.66. The summed E-state index contributed by atoms with van der Waals surface area (Å²) < 4.78 is 0.852. The third-order valence-corrected chi connectivity index (χ3v) is 3.79. The third kappa shape index (κ3) is 2.20. The number of fused-ring (bicyclic) bond motifs is 1. The Morgan fingerprint density at radius 1 is 1.28 bits per heavy atom. The van der Waals surface area contributed by atoms with E-state index in [-0.39, 0.29) is 0 Å². The number of nitrogens with one attached hydrogen (secondary N) is 2. The number of pyridine rings is 1. The van der Waals surface area contributed by atoms with Crippen LogP contribution in [-0.4, -0.2) is 11.5 Å². The second kappa shape index (κ2) is 4.98. The number of anilines is 2. The summed E-state index contributed by atoms with van der Waals surface area (Å²) in [6.07, 6.45) is 2.90. The lowest BCUT2D eigenvalue weighted by atomic mass is 10.1. The third-order valence-electron chi connectivity index (χ3n) is 3.16. The van der Waals surface area contributed by atoms with Crippen LogP contribution in [0, 0.1) is 0 Å². The number of hydrogen-bond acceptors (Lipinski definition) is 3. The van der Waals surface area contributed by atoms with Gasteiger partial charge in [-0.25, -0.2) is 4.98 Å². The lowest BCUT2D eigenvalue weighted by Gasteiger charge is -2.11. The molecule has 0 radical (unpaired) electrons. The maximum atomic E-state index is 4.20. The Kier molecular flexibility index (Phi) is 3.19. The van der Waals surface area contributed by atoms with Gasteiger partial charge in [0.2, 0.25) is 0 Å². The Morgan fingerprint density at radius 3 is 3.11 bits per heavy atom. The van der Waals surface area contributed by atoms with Gasteiger partial charge in [0.05, 0.1) is 5.69 Å². The fourth-order valence-electron chi connectivity index (χ4n) is 2.27. The van der Waals surface area contributed by atoms with E-state index in [0.717, 1.165) is 29.8 Å². The molecule has 0 unspecified atom stereocenters. The summed E-state index contributed by atoms with van der Waals surface area (Å²) in [5.74, 6) is 0. The highest BCUT2D eigenvalue weighted by molar-refractivity contribution is 9.10. The normalized spacial score (nSPS) is 12.9. The molecule has 0 saturated carbocycles. The van der Waals surface area contributed by atoms with Gasteiger partial charge in [-0.1, -0.05) is 18.2 Å². The van der Waals surface area contributed by atoms with E-state index in [1.54, 1.807) is 6.20 Å². The molecule has 0 fully saturated rings. The number of para-hydroxylation sites is 1. The van der Waals surface area contributed by atoms with Gasteiger partial charge in [-0.15, -0.1) is 0 Å². The largest absolute Gasteiger partial charge is 0.384 e. The SMILES string of the molecule is Brc1ncccc1NCc1cccc2c1NCC2. The molecule has 0 saturated heterocycles. The minimum atomic E-state index is 0.806. The van der Waals surface area contributed by atoms with Crippen LogP contribution in [0.15, 0.2) is 41.1 Å². The highest BCUT2D eigenvalue weighted by Crippen LogP contribution is 2.27. The zero-order valence-corrected chi connectivity index (χ0v) is 11.5. The molecule has 18 heavy (non-hydrogen) atoms. The standard InChI is InChI=1S/C14H14BrN3/c15-14-12(5-2-7-17-14)18-9-11-4-1-3-10-6-8-16-13(10)11/h1-5,7,16,18H,6,8-9H2. The molecule has 0 bridgehead atoms. The second-order valence-electron chi connectivity index (χ2n) is 4.32. The van der Waals surface area contributed by atoms with Crippen molar-refractivity contribution in [1.29, 1.82) is 0 Å². The molecule has 92 valence electrons. The van der Waals surface area contributed by atoms with Crippen LogP contribution in [0.1, 0.15) is 11.1 Å². The zero-order chi connectivity index (χ0) is 12.4. The van der Waals surface area contributed by atoms with Crippen LogP contribution in [0.4, 0.5) is 11.4 Å². The van der Waals surface area contributed by atoms with Crippen molar-refractivity contribution in [3.05, 3.63) is 52.3 Å². The Morgan fingerprint density at radius 2 is 2.22 bits per heavy atom. The second-order valence-corrected chi connectivity index (χ2v) is 5.07. The van der Waals surface area contributed by atoms with Crippen LogP contribution < -0.4 is 10.6 Å². The molecule has 2 N–H and O–H groups in total. The highest BCUT2D eigenvalue weighted by atomic mass is 79.9. The first kappa shape index (κ1) is 11.5. The Balaban J connectivity index is 1.78. The molecule has 0 amide bonds. The van der Waals surface area contributed by atoms with E-state index >= 15 is 0 Å². The van der Waals surface area contributed by atoms with Crippen LogP contribution >= 0.6 is 15.9 Å². The molecular formula is C14H14BrN3. The van der Waals surface area contributed by atoms with E-state index in [2.05, 4.69) is 49.7 Å². The number of rotatable bonds is 3. The Hall–Kier alpha value is -1.55. The first-order chi connectivity index (χ1) is 8.84. The van der Waals surface area contributed by atoms with E-state index in [0.29, 0.717) is 0 Å². The van der Waals surface area contributed by atoms with Crippen molar-refractivity contribution in [1.82, 2.24) is 4.98 Å². The molecule has 3 nitrogen and oxygen atoms in total. The van der Waals surface area contributed by atoms with E-state index in [1.807, 2.05) is 12.1 Å². The summed E-state index contributed by atoms with van der Waals surface area (Å²) in [4.78, 5) is 4.20. The smallest absolute Gasteiger partial charge is 0.129 e. The van der Waals surface area contributed by atoms with Gasteiger partial charge in [0.25, 0.3) is 0 Å². The highest BCUT2D eigenvalue weighted by Gasteiger charge is 2.13. The number of aromatic nitrogens is 1. The average Bonchev–Trinajstić information content (AvgIpc) is 2.86. The summed E-state index contributed by atoms with van der Waals surface area (Å²) in [7, 11) is 0. The maximum absolute atomic E-state index is 4.20. The van der Waals surface area contributed by atoms with E-state index < -0.39 is 0 Å². The van der Waals surface area contributed by atoms with Gasteiger partial charge >= 0.3 is 0 Å². The molecule has 4 heteroatoms. The van der Waals surface area contributed by atoms with E-state index in [4.69, 9.17) is 0 Å². The molecule has 1 aliphatic heterocycles. The van der Waals surface area contributed by atoms with Crippen molar-refractivity contribution >= 4 is 27.3 Å². The maximum Gasteiger partial charge on any atom is 0.129 e. The monoisotopic (exact) mass is 303 g/mol. The van der Waals surface area contributed by atoms with Crippen molar-refractivity contribution in [3.8, 4) is 0 Å². The molecule has 0 spiro atoms. The Labute approximate surface area is 115 Å². The predicted molar refractivity (Wildman–Crippen MR) is 77.9 cm³/mol. The summed E-state index contributed by atoms with van der Waals surface area (Å²) in [6.45, 7) is 1.85. The molecular weight excluding hydrogens is 290 g/mol. The predicted octanol–water partition coefficient (Wildman–Crippen LogP) is 3.42. The number of benzene rings is 1. The molecule has 3 rings (SSSR count). The van der Waals surface area contributed by atoms with Crippen molar-refractivity contribution in [2.45, 2.75) is 13.0 Å². The lowest BCUT2D eigenvalue weighted by molar-refractivity contribution is 1.11. The molecule has 0 atom stereocenters. The average molecular weight is 304 g/mol. The summed E-state index contributed by atoms with van der Waals surface area (Å²) in [5.41, 5.74) is 5.04. The fraction of sp³-hybridized carbons (Fsp3) is 0.214. The van der Waals surface area contributed by atoms with Crippen molar-refractivity contribution < 1.29 is 0 Å². The molecule has 1 aromatic heterocycles. The molecule has 2 heterocycles. The Bertz CT molecular complexity index is 569. The van der Waals surface area contributed by atoms with Crippen molar-refractivity contribution in [3.63, 3.8) is 0 Å². The zero-order valence-electron chi connectivity index (χ0n) is 9.91. The molecule has 0 aliphatic carbocycles. The first-order valence-corrected chi connectivity index (χ1v) is 6.83. The van der Waals surface area contributed by atoms with Crippen LogP contribution in [-0.2, 0) is 13.0 Å². The van der Waals surface area contributed by atoms with Gasteiger partial charge < -0.3 is 10.6 Å². The minimum Gasteiger partial charge on any atom is -0.384 e. The van der Waals surface area contributed by atoms with Crippen molar-refractivity contribution in [2.24, 2.45) is 0 Å². The summed E-state index contributed by atoms with van der Waals surface area (Å²) in [6, 6.07) is 10.4. The van der Waals surface area contributed by atoms with Crippen LogP contribution in [0.25, 0.3) is 0 Å².